The number of thiocarbonyl (C=S) groups is 1. The highest BCUT2D eigenvalue weighted by molar-refractivity contribution is 7.80. The molecule has 0 atom stereocenters. The summed E-state index contributed by atoms with van der Waals surface area (Å²) in [7, 11) is 0. The monoisotopic (exact) mass is 367 g/mol. The van der Waals surface area contributed by atoms with Gasteiger partial charge in [0, 0.05) is 31.9 Å². The molecule has 7 heteroatoms. The molecule has 1 saturated heterocycles. The standard InChI is InChI=1S/C17H16ClF2N3S/c18-13-11-12(5-6-14(13)19)21-17(24)23-9-7-22(8-10-23)16-4-2-1-3-15(16)20/h1-6,11H,7-10H2,(H,21,24). The van der Waals surface area contributed by atoms with Crippen LogP contribution in [-0.2, 0) is 0 Å². The van der Waals surface area contributed by atoms with Gasteiger partial charge in [0.15, 0.2) is 5.11 Å². The Morgan fingerprint density at radius 1 is 1.00 bits per heavy atom. The first-order valence-corrected chi connectivity index (χ1v) is 8.33. The molecule has 1 aliphatic heterocycles. The van der Waals surface area contributed by atoms with Crippen LogP contribution in [0.5, 0.6) is 0 Å². The second-order valence-electron chi connectivity index (χ2n) is 5.48. The van der Waals surface area contributed by atoms with Crippen LogP contribution in [0.3, 0.4) is 0 Å². The van der Waals surface area contributed by atoms with Crippen molar-refractivity contribution in [1.29, 1.82) is 0 Å². The van der Waals surface area contributed by atoms with Crippen molar-refractivity contribution in [3.63, 3.8) is 0 Å². The number of nitrogens with one attached hydrogen (secondary N) is 1. The molecule has 3 rings (SSSR count). The molecule has 1 aliphatic rings. The first-order chi connectivity index (χ1) is 11.5. The minimum absolute atomic E-state index is 0.0483. The number of anilines is 2. The molecule has 1 heterocycles. The van der Waals surface area contributed by atoms with E-state index >= 15 is 0 Å². The maximum absolute atomic E-state index is 13.9. The van der Waals surface area contributed by atoms with Gasteiger partial charge in [-0.1, -0.05) is 23.7 Å². The molecule has 2 aromatic rings. The highest BCUT2D eigenvalue weighted by Crippen LogP contribution is 2.22. The fraction of sp³-hybridized carbons (Fsp3) is 0.235. The van der Waals surface area contributed by atoms with Crippen molar-refractivity contribution in [3.8, 4) is 0 Å². The molecule has 0 radical (unpaired) electrons. The third kappa shape index (κ3) is 3.76. The Labute approximate surface area is 149 Å². The van der Waals surface area contributed by atoms with Crippen molar-refractivity contribution in [1.82, 2.24) is 4.90 Å². The molecular formula is C17H16ClF2N3S. The van der Waals surface area contributed by atoms with Crippen LogP contribution in [-0.4, -0.2) is 36.2 Å². The third-order valence-electron chi connectivity index (χ3n) is 3.93. The van der Waals surface area contributed by atoms with E-state index in [4.69, 9.17) is 23.8 Å². The van der Waals surface area contributed by atoms with Crippen LogP contribution in [0.1, 0.15) is 0 Å². The summed E-state index contributed by atoms with van der Waals surface area (Å²) in [5.41, 5.74) is 1.25. The van der Waals surface area contributed by atoms with Crippen LogP contribution in [0.25, 0.3) is 0 Å². The molecule has 0 aromatic heterocycles. The maximum atomic E-state index is 13.9. The van der Waals surface area contributed by atoms with E-state index in [2.05, 4.69) is 5.32 Å². The van der Waals surface area contributed by atoms with Crippen LogP contribution in [0, 0.1) is 11.6 Å². The Morgan fingerprint density at radius 3 is 2.38 bits per heavy atom. The van der Waals surface area contributed by atoms with E-state index < -0.39 is 5.82 Å². The lowest BCUT2D eigenvalue weighted by Gasteiger charge is -2.37. The van der Waals surface area contributed by atoms with E-state index in [9.17, 15) is 8.78 Å². The van der Waals surface area contributed by atoms with Crippen molar-refractivity contribution in [2.45, 2.75) is 0 Å². The van der Waals surface area contributed by atoms with Gasteiger partial charge in [0.25, 0.3) is 0 Å². The summed E-state index contributed by atoms with van der Waals surface area (Å²) < 4.78 is 27.0. The molecule has 3 nitrogen and oxygen atoms in total. The molecular weight excluding hydrogens is 352 g/mol. The summed E-state index contributed by atoms with van der Waals surface area (Å²) in [5.74, 6) is -0.681. The lowest BCUT2D eigenvalue weighted by molar-refractivity contribution is 0.388. The topological polar surface area (TPSA) is 18.5 Å². The molecule has 2 aromatic carbocycles. The average molecular weight is 368 g/mol. The lowest BCUT2D eigenvalue weighted by atomic mass is 10.2. The number of nitrogens with zero attached hydrogens (tertiary/aromatic N) is 2. The van der Waals surface area contributed by atoms with Gasteiger partial charge in [-0.2, -0.15) is 0 Å². The van der Waals surface area contributed by atoms with E-state index in [1.54, 1.807) is 18.2 Å². The maximum Gasteiger partial charge on any atom is 0.173 e. The Balaban J connectivity index is 1.59. The van der Waals surface area contributed by atoms with Gasteiger partial charge < -0.3 is 15.1 Å². The molecule has 0 unspecified atom stereocenters. The van der Waals surface area contributed by atoms with Crippen molar-refractivity contribution in [3.05, 3.63) is 59.1 Å². The van der Waals surface area contributed by atoms with Crippen molar-refractivity contribution < 1.29 is 8.78 Å². The van der Waals surface area contributed by atoms with Gasteiger partial charge in [-0.3, -0.25) is 0 Å². The fourth-order valence-corrected chi connectivity index (χ4v) is 3.12. The van der Waals surface area contributed by atoms with E-state index in [1.165, 1.54) is 18.2 Å². The Kier molecular flexibility index (Phi) is 5.16. The number of hydrogen-bond donors (Lipinski definition) is 1. The van der Waals surface area contributed by atoms with E-state index in [-0.39, 0.29) is 10.8 Å². The van der Waals surface area contributed by atoms with Crippen LogP contribution in [0.15, 0.2) is 42.5 Å². The summed E-state index contributed by atoms with van der Waals surface area (Å²) >= 11 is 11.2. The Morgan fingerprint density at radius 2 is 1.71 bits per heavy atom. The number of halogens is 3. The second-order valence-corrected chi connectivity index (χ2v) is 6.28. The molecule has 1 fully saturated rings. The predicted octanol–water partition coefficient (Wildman–Crippen LogP) is 4.14. The van der Waals surface area contributed by atoms with Crippen LogP contribution >= 0.6 is 23.8 Å². The van der Waals surface area contributed by atoms with Gasteiger partial charge in [0.2, 0.25) is 0 Å². The van der Waals surface area contributed by atoms with Gasteiger partial charge in [0.1, 0.15) is 11.6 Å². The van der Waals surface area contributed by atoms with Crippen LogP contribution < -0.4 is 10.2 Å². The summed E-state index contributed by atoms with van der Waals surface area (Å²) in [6.45, 7) is 2.70. The predicted molar refractivity (Wildman–Crippen MR) is 97.8 cm³/mol. The zero-order valence-electron chi connectivity index (χ0n) is 12.8. The number of piperazine rings is 1. The zero-order chi connectivity index (χ0) is 17.1. The minimum Gasteiger partial charge on any atom is -0.366 e. The molecule has 1 N–H and O–H groups in total. The van der Waals surface area contributed by atoms with Crippen LogP contribution in [0.2, 0.25) is 5.02 Å². The number of rotatable bonds is 2. The summed E-state index contributed by atoms with van der Waals surface area (Å²) in [6.07, 6.45) is 0. The van der Waals surface area contributed by atoms with Gasteiger partial charge >= 0.3 is 0 Å². The van der Waals surface area contributed by atoms with E-state index in [0.29, 0.717) is 42.7 Å². The van der Waals surface area contributed by atoms with Gasteiger partial charge in [-0.15, -0.1) is 0 Å². The average Bonchev–Trinajstić information content (AvgIpc) is 2.59. The molecule has 24 heavy (non-hydrogen) atoms. The SMILES string of the molecule is Fc1ccc(NC(=S)N2CCN(c3ccccc3F)CC2)cc1Cl. The van der Waals surface area contributed by atoms with Crippen molar-refractivity contribution in [2.24, 2.45) is 0 Å². The van der Waals surface area contributed by atoms with Crippen molar-refractivity contribution >= 4 is 40.3 Å². The Hall–Kier alpha value is -1.92. The summed E-state index contributed by atoms with van der Waals surface area (Å²) in [4.78, 5) is 4.01. The quantitative estimate of drug-likeness (QED) is 0.804. The molecule has 0 bridgehead atoms. The third-order valence-corrected chi connectivity index (χ3v) is 4.58. The summed E-state index contributed by atoms with van der Waals surface area (Å²) in [6, 6.07) is 11.1. The zero-order valence-corrected chi connectivity index (χ0v) is 14.4. The molecule has 0 saturated carbocycles. The lowest BCUT2D eigenvalue weighted by Crippen LogP contribution is -2.50. The number of benzene rings is 2. The van der Waals surface area contributed by atoms with Gasteiger partial charge in [-0.05, 0) is 42.5 Å². The fourth-order valence-electron chi connectivity index (χ4n) is 2.64. The molecule has 126 valence electrons. The largest absolute Gasteiger partial charge is 0.366 e. The normalized spacial score (nSPS) is 14.6. The smallest absolute Gasteiger partial charge is 0.173 e. The molecule has 0 spiro atoms. The van der Waals surface area contributed by atoms with Gasteiger partial charge in [0.05, 0.1) is 10.7 Å². The number of hydrogen-bond acceptors (Lipinski definition) is 2. The second kappa shape index (κ2) is 7.32. The number of para-hydroxylation sites is 1. The molecule has 0 amide bonds. The first kappa shape index (κ1) is 16.9. The minimum atomic E-state index is -0.466. The summed E-state index contributed by atoms with van der Waals surface area (Å²) in [5, 5.41) is 3.65. The van der Waals surface area contributed by atoms with E-state index in [0.717, 1.165) is 0 Å². The highest BCUT2D eigenvalue weighted by atomic mass is 35.5. The molecule has 0 aliphatic carbocycles. The Bertz CT molecular complexity index is 748. The van der Waals surface area contributed by atoms with Crippen LogP contribution in [0.4, 0.5) is 20.2 Å². The first-order valence-electron chi connectivity index (χ1n) is 7.55. The van der Waals surface area contributed by atoms with Crippen molar-refractivity contribution in [2.75, 3.05) is 36.4 Å². The van der Waals surface area contributed by atoms with Gasteiger partial charge in [-0.25, -0.2) is 8.78 Å². The highest BCUT2D eigenvalue weighted by Gasteiger charge is 2.21. The van der Waals surface area contributed by atoms with E-state index in [1.807, 2.05) is 15.9 Å².